The Labute approximate surface area is 153 Å². The molecular formula is C17H21BrF2N2O3. The number of alkyl carbamates (subject to hydrolysis) is 1. The monoisotopic (exact) mass is 418 g/mol. The van der Waals surface area contributed by atoms with Gasteiger partial charge in [0, 0.05) is 12.6 Å². The molecule has 1 saturated heterocycles. The van der Waals surface area contributed by atoms with E-state index in [1.807, 2.05) is 0 Å². The number of nitrogens with zero attached hydrogens (tertiary/aromatic N) is 1. The highest BCUT2D eigenvalue weighted by atomic mass is 79.9. The van der Waals surface area contributed by atoms with E-state index in [2.05, 4.69) is 21.2 Å². The van der Waals surface area contributed by atoms with Crippen molar-refractivity contribution in [1.29, 1.82) is 0 Å². The van der Waals surface area contributed by atoms with Gasteiger partial charge in [-0.25, -0.2) is 13.6 Å². The molecule has 1 aromatic carbocycles. The number of halogens is 3. The molecule has 25 heavy (non-hydrogen) atoms. The van der Waals surface area contributed by atoms with Crippen LogP contribution >= 0.6 is 15.9 Å². The van der Waals surface area contributed by atoms with Gasteiger partial charge in [0.2, 0.25) is 5.91 Å². The van der Waals surface area contributed by atoms with Gasteiger partial charge in [0.1, 0.15) is 17.2 Å². The zero-order valence-corrected chi connectivity index (χ0v) is 16.1. The van der Waals surface area contributed by atoms with E-state index in [0.29, 0.717) is 0 Å². The molecular weight excluding hydrogens is 398 g/mol. The molecule has 1 aliphatic heterocycles. The molecule has 1 heterocycles. The topological polar surface area (TPSA) is 58.6 Å². The molecule has 0 saturated carbocycles. The third-order valence-corrected chi connectivity index (χ3v) is 4.62. The average molecular weight is 419 g/mol. The number of ether oxygens (including phenoxy) is 1. The summed E-state index contributed by atoms with van der Waals surface area (Å²) in [6, 6.07) is 1.57. The van der Waals surface area contributed by atoms with Gasteiger partial charge in [-0.15, -0.1) is 0 Å². The molecule has 1 aromatic rings. The Morgan fingerprint density at radius 2 is 2.00 bits per heavy atom. The summed E-state index contributed by atoms with van der Waals surface area (Å²) in [6.45, 7) is 5.17. The Bertz CT molecular complexity index is 678. The molecule has 1 aliphatic rings. The molecule has 0 aromatic heterocycles. The summed E-state index contributed by atoms with van der Waals surface area (Å²) in [5.74, 6) is -1.53. The predicted octanol–water partition coefficient (Wildman–Crippen LogP) is 3.52. The second-order valence-electron chi connectivity index (χ2n) is 7.02. The lowest BCUT2D eigenvalue weighted by atomic mass is 9.90. The van der Waals surface area contributed by atoms with Gasteiger partial charge in [0.25, 0.3) is 0 Å². The van der Waals surface area contributed by atoms with Gasteiger partial charge < -0.3 is 15.0 Å². The number of likely N-dealkylation sites (tertiary alicyclic amines) is 1. The van der Waals surface area contributed by atoms with Crippen LogP contribution in [-0.2, 0) is 9.53 Å². The number of carbonyl (C=O) groups is 2. The van der Waals surface area contributed by atoms with Crippen LogP contribution in [0.2, 0.25) is 0 Å². The second kappa shape index (κ2) is 7.27. The molecule has 2 rings (SSSR count). The lowest BCUT2D eigenvalue weighted by Gasteiger charge is -2.41. The SMILES string of the molecule is CN1C(=O)C(Br)C[C@H](NC(=O)OC(C)(C)C)C1c1cc(F)ccc1F. The van der Waals surface area contributed by atoms with Crippen LogP contribution in [0.3, 0.4) is 0 Å². The van der Waals surface area contributed by atoms with E-state index in [4.69, 9.17) is 4.74 Å². The van der Waals surface area contributed by atoms with E-state index < -0.39 is 40.2 Å². The van der Waals surface area contributed by atoms with Gasteiger partial charge in [-0.1, -0.05) is 15.9 Å². The molecule has 2 unspecified atom stereocenters. The maximum absolute atomic E-state index is 14.3. The first-order valence-corrected chi connectivity index (χ1v) is 8.76. The molecule has 5 nitrogen and oxygen atoms in total. The Kier molecular flexibility index (Phi) is 5.71. The van der Waals surface area contributed by atoms with E-state index in [9.17, 15) is 18.4 Å². The van der Waals surface area contributed by atoms with Gasteiger partial charge in [0.05, 0.1) is 16.9 Å². The van der Waals surface area contributed by atoms with Gasteiger partial charge in [-0.2, -0.15) is 0 Å². The fraction of sp³-hybridized carbons (Fsp3) is 0.529. The largest absolute Gasteiger partial charge is 0.444 e. The lowest BCUT2D eigenvalue weighted by molar-refractivity contribution is -0.135. The zero-order valence-electron chi connectivity index (χ0n) is 14.5. The van der Waals surface area contributed by atoms with Crippen molar-refractivity contribution in [2.75, 3.05) is 7.05 Å². The van der Waals surface area contributed by atoms with Crippen molar-refractivity contribution < 1.29 is 23.1 Å². The van der Waals surface area contributed by atoms with Crippen LogP contribution in [0.5, 0.6) is 0 Å². The summed E-state index contributed by atoms with van der Waals surface area (Å²) >= 11 is 3.27. The number of nitrogens with one attached hydrogen (secondary N) is 1. The second-order valence-corrected chi connectivity index (χ2v) is 8.12. The van der Waals surface area contributed by atoms with Crippen molar-refractivity contribution in [3.63, 3.8) is 0 Å². The molecule has 2 amide bonds. The Balaban J connectivity index is 2.35. The minimum absolute atomic E-state index is 0.0105. The molecule has 1 fully saturated rings. The number of alkyl halides is 1. The summed E-state index contributed by atoms with van der Waals surface area (Å²) in [7, 11) is 1.49. The van der Waals surface area contributed by atoms with Gasteiger partial charge >= 0.3 is 6.09 Å². The minimum Gasteiger partial charge on any atom is -0.444 e. The Hall–Kier alpha value is -1.70. The maximum atomic E-state index is 14.3. The highest BCUT2D eigenvalue weighted by Crippen LogP contribution is 2.35. The first kappa shape index (κ1) is 19.6. The molecule has 138 valence electrons. The highest BCUT2D eigenvalue weighted by molar-refractivity contribution is 9.10. The summed E-state index contributed by atoms with van der Waals surface area (Å²) in [5, 5.41) is 2.68. The fourth-order valence-corrected chi connectivity index (χ4v) is 3.57. The summed E-state index contributed by atoms with van der Waals surface area (Å²) in [5.41, 5.74) is -0.690. The van der Waals surface area contributed by atoms with Crippen molar-refractivity contribution in [1.82, 2.24) is 10.2 Å². The number of amides is 2. The number of hydrogen-bond acceptors (Lipinski definition) is 3. The summed E-state index contributed by atoms with van der Waals surface area (Å²) < 4.78 is 33.1. The molecule has 0 radical (unpaired) electrons. The Morgan fingerprint density at radius 3 is 2.60 bits per heavy atom. The fourth-order valence-electron chi connectivity index (χ4n) is 2.84. The number of piperidine rings is 1. The highest BCUT2D eigenvalue weighted by Gasteiger charge is 2.42. The van der Waals surface area contributed by atoms with E-state index in [0.717, 1.165) is 18.2 Å². The van der Waals surface area contributed by atoms with E-state index in [-0.39, 0.29) is 17.9 Å². The standard InChI is InChI=1S/C17H21BrF2N2O3/c1-17(2,3)25-16(24)21-13-8-11(18)15(23)22(4)14(13)10-7-9(19)5-6-12(10)20/h5-7,11,13-14H,8H2,1-4H3,(H,21,24)/t11?,13-,14?/m0/s1. The molecule has 1 N–H and O–H groups in total. The first-order chi connectivity index (χ1) is 11.5. The van der Waals surface area contributed by atoms with E-state index >= 15 is 0 Å². The molecule has 3 atom stereocenters. The first-order valence-electron chi connectivity index (χ1n) is 7.85. The number of rotatable bonds is 2. The van der Waals surface area contributed by atoms with Crippen LogP contribution < -0.4 is 5.32 Å². The summed E-state index contributed by atoms with van der Waals surface area (Å²) in [6.07, 6.45) is -0.454. The number of hydrogen-bond donors (Lipinski definition) is 1. The van der Waals surface area contributed by atoms with Crippen molar-refractivity contribution in [2.24, 2.45) is 0 Å². The third-order valence-electron chi connectivity index (χ3n) is 3.85. The maximum Gasteiger partial charge on any atom is 0.407 e. The zero-order chi connectivity index (χ0) is 18.9. The van der Waals surface area contributed by atoms with Crippen LogP contribution in [0.15, 0.2) is 18.2 Å². The van der Waals surface area contributed by atoms with Gasteiger partial charge in [-0.05, 0) is 45.4 Å². The van der Waals surface area contributed by atoms with Crippen molar-refractivity contribution in [3.05, 3.63) is 35.4 Å². The molecule has 0 bridgehead atoms. The van der Waals surface area contributed by atoms with Crippen LogP contribution in [0.4, 0.5) is 13.6 Å². The van der Waals surface area contributed by atoms with Gasteiger partial charge in [-0.3, -0.25) is 4.79 Å². The molecule has 0 aliphatic carbocycles. The van der Waals surface area contributed by atoms with Crippen molar-refractivity contribution in [2.45, 2.75) is 49.7 Å². The smallest absolute Gasteiger partial charge is 0.407 e. The Morgan fingerprint density at radius 1 is 1.36 bits per heavy atom. The van der Waals surface area contributed by atoms with E-state index in [1.165, 1.54) is 11.9 Å². The summed E-state index contributed by atoms with van der Waals surface area (Å²) in [4.78, 5) is 25.2. The van der Waals surface area contributed by atoms with Crippen LogP contribution in [0.25, 0.3) is 0 Å². The normalized spacial score (nSPS) is 24.2. The van der Waals surface area contributed by atoms with Crippen LogP contribution in [0.1, 0.15) is 38.8 Å². The molecule has 8 heteroatoms. The number of likely N-dealkylation sites (N-methyl/N-ethyl adjacent to an activating group) is 1. The quantitative estimate of drug-likeness (QED) is 0.747. The average Bonchev–Trinajstić information content (AvgIpc) is 2.46. The lowest BCUT2D eigenvalue weighted by Crippen LogP contribution is -2.55. The van der Waals surface area contributed by atoms with Crippen LogP contribution in [0, 0.1) is 11.6 Å². The van der Waals surface area contributed by atoms with Crippen molar-refractivity contribution in [3.8, 4) is 0 Å². The van der Waals surface area contributed by atoms with E-state index in [1.54, 1.807) is 20.8 Å². The molecule has 0 spiro atoms. The van der Waals surface area contributed by atoms with Crippen LogP contribution in [-0.4, -0.2) is 40.4 Å². The predicted molar refractivity (Wildman–Crippen MR) is 92.4 cm³/mol. The third kappa shape index (κ3) is 4.68. The van der Waals surface area contributed by atoms with Gasteiger partial charge in [0.15, 0.2) is 0 Å². The minimum atomic E-state index is -0.843. The number of carbonyl (C=O) groups excluding carboxylic acids is 2. The number of benzene rings is 1. The van der Waals surface area contributed by atoms with Crippen molar-refractivity contribution >= 4 is 27.9 Å².